The van der Waals surface area contributed by atoms with Gasteiger partial charge in [-0.1, -0.05) is 13.8 Å². The summed E-state index contributed by atoms with van der Waals surface area (Å²) in [6, 6.07) is -0.261. The van der Waals surface area contributed by atoms with Gasteiger partial charge in [0.25, 0.3) is 0 Å². The average Bonchev–Trinajstić information content (AvgIpc) is 2.84. The van der Waals surface area contributed by atoms with Crippen LogP contribution < -0.4 is 0 Å². The zero-order valence-corrected chi connectivity index (χ0v) is 16.2. The van der Waals surface area contributed by atoms with Gasteiger partial charge in [0.1, 0.15) is 5.70 Å². The van der Waals surface area contributed by atoms with Crippen molar-refractivity contribution in [3.05, 3.63) is 10.6 Å². The molecule has 144 valence electrons. The van der Waals surface area contributed by atoms with Gasteiger partial charge in [-0.2, -0.15) is 0 Å². The number of rotatable bonds is 5. The fraction of sp³-hybridized carbons (Fsp3) is 0.722. The molecule has 0 unspecified atom stereocenters. The van der Waals surface area contributed by atoms with Crippen LogP contribution in [0.3, 0.4) is 0 Å². The lowest BCUT2D eigenvalue weighted by atomic mass is 9.78. The summed E-state index contributed by atoms with van der Waals surface area (Å²) in [4.78, 5) is 39.7. The third-order valence-electron chi connectivity index (χ3n) is 5.81. The molecule has 0 aliphatic carbocycles. The normalized spacial score (nSPS) is 30.3. The maximum Gasteiger partial charge on any atom is 0.353 e. The van der Waals surface area contributed by atoms with Gasteiger partial charge < -0.3 is 20.0 Å². The standard InChI is InChI=1S/C18H26N2O5S/c1-4-12(22)13-14-9(2)16(15(18(24)25)20(14)17(13)23)26-11-5-7-19(8-6-11)10(3)21/h9,11-14,22H,4-8H2,1-3H3,(H,24,25)/t9-,12+,13-,14-/m1/s1. The number of carbonyl (C=O) groups excluding carboxylic acids is 2. The van der Waals surface area contributed by atoms with Gasteiger partial charge in [0.2, 0.25) is 11.8 Å². The van der Waals surface area contributed by atoms with E-state index in [4.69, 9.17) is 0 Å². The summed E-state index contributed by atoms with van der Waals surface area (Å²) < 4.78 is 0. The molecule has 0 aromatic rings. The van der Waals surface area contributed by atoms with Crippen molar-refractivity contribution < 1.29 is 24.6 Å². The number of β-lactam (4-membered cyclic amide) rings is 1. The zero-order chi connectivity index (χ0) is 19.2. The number of hydrogen-bond donors (Lipinski definition) is 2. The molecule has 3 aliphatic heterocycles. The molecule has 2 N–H and O–H groups in total. The van der Waals surface area contributed by atoms with Crippen LogP contribution >= 0.6 is 11.8 Å². The smallest absolute Gasteiger partial charge is 0.353 e. The molecule has 3 rings (SSSR count). The molecule has 0 aromatic heterocycles. The maximum absolute atomic E-state index is 12.5. The Labute approximate surface area is 157 Å². The molecule has 0 spiro atoms. The van der Waals surface area contributed by atoms with E-state index in [1.165, 1.54) is 4.90 Å². The van der Waals surface area contributed by atoms with Crippen molar-refractivity contribution in [3.8, 4) is 0 Å². The van der Waals surface area contributed by atoms with Crippen LogP contribution in [0.15, 0.2) is 10.6 Å². The number of aliphatic hydroxyl groups excluding tert-OH is 1. The molecule has 26 heavy (non-hydrogen) atoms. The lowest BCUT2D eigenvalue weighted by molar-refractivity contribution is -0.164. The van der Waals surface area contributed by atoms with E-state index in [-0.39, 0.29) is 34.7 Å². The fourth-order valence-electron chi connectivity index (χ4n) is 4.30. The van der Waals surface area contributed by atoms with Crippen molar-refractivity contribution in [2.24, 2.45) is 11.8 Å². The highest BCUT2D eigenvalue weighted by molar-refractivity contribution is 8.03. The molecule has 8 heteroatoms. The van der Waals surface area contributed by atoms with Crippen molar-refractivity contribution in [1.82, 2.24) is 9.80 Å². The van der Waals surface area contributed by atoms with Crippen LogP contribution in [0.2, 0.25) is 0 Å². The van der Waals surface area contributed by atoms with Gasteiger partial charge in [0.15, 0.2) is 0 Å². The summed E-state index contributed by atoms with van der Waals surface area (Å²) in [5, 5.41) is 20.1. The van der Waals surface area contributed by atoms with Crippen LogP contribution in [0.25, 0.3) is 0 Å². The van der Waals surface area contributed by atoms with Gasteiger partial charge >= 0.3 is 5.97 Å². The lowest BCUT2D eigenvalue weighted by Crippen LogP contribution is -2.64. The summed E-state index contributed by atoms with van der Waals surface area (Å²) in [5.41, 5.74) is 0.0889. The molecule has 0 aromatic carbocycles. The Morgan fingerprint density at radius 3 is 2.42 bits per heavy atom. The van der Waals surface area contributed by atoms with Crippen LogP contribution in [0, 0.1) is 11.8 Å². The van der Waals surface area contributed by atoms with Gasteiger partial charge in [-0.05, 0) is 19.3 Å². The third-order valence-corrected chi connectivity index (χ3v) is 7.43. The number of hydrogen-bond acceptors (Lipinski definition) is 5. The summed E-state index contributed by atoms with van der Waals surface area (Å²) in [7, 11) is 0. The van der Waals surface area contributed by atoms with Crippen molar-refractivity contribution in [1.29, 1.82) is 0 Å². The number of carbonyl (C=O) groups is 3. The molecule has 3 heterocycles. The van der Waals surface area contributed by atoms with Gasteiger partial charge in [0, 0.05) is 36.1 Å². The second-order valence-electron chi connectivity index (χ2n) is 7.33. The van der Waals surface area contributed by atoms with Crippen LogP contribution in [0.4, 0.5) is 0 Å². The first-order chi connectivity index (χ1) is 12.3. The number of fused-ring (bicyclic) bond motifs is 1. The Morgan fingerprint density at radius 1 is 1.31 bits per heavy atom. The second-order valence-corrected chi connectivity index (χ2v) is 8.67. The third kappa shape index (κ3) is 3.03. The van der Waals surface area contributed by atoms with E-state index in [1.807, 2.05) is 18.7 Å². The monoisotopic (exact) mass is 382 g/mol. The Kier molecular flexibility index (Phi) is 5.35. The summed E-state index contributed by atoms with van der Waals surface area (Å²) in [6.45, 7) is 6.70. The quantitative estimate of drug-likeness (QED) is 0.695. The van der Waals surface area contributed by atoms with E-state index < -0.39 is 18.0 Å². The number of aliphatic carboxylic acids is 1. The second kappa shape index (κ2) is 7.23. The highest BCUT2D eigenvalue weighted by Crippen LogP contribution is 2.52. The first-order valence-electron chi connectivity index (χ1n) is 9.18. The number of carboxylic acids is 1. The largest absolute Gasteiger partial charge is 0.477 e. The van der Waals surface area contributed by atoms with Crippen molar-refractivity contribution in [2.45, 2.75) is 57.4 Å². The van der Waals surface area contributed by atoms with Crippen LogP contribution in [-0.4, -0.2) is 68.3 Å². The average molecular weight is 382 g/mol. The van der Waals surface area contributed by atoms with Crippen molar-refractivity contribution in [3.63, 3.8) is 0 Å². The van der Waals surface area contributed by atoms with E-state index >= 15 is 0 Å². The van der Waals surface area contributed by atoms with Crippen molar-refractivity contribution >= 4 is 29.5 Å². The molecule has 0 radical (unpaired) electrons. The lowest BCUT2D eigenvalue weighted by Gasteiger charge is -2.46. The minimum absolute atomic E-state index is 0.0688. The van der Waals surface area contributed by atoms with E-state index in [0.29, 0.717) is 19.5 Å². The molecule has 0 saturated carbocycles. The van der Waals surface area contributed by atoms with Gasteiger partial charge in [-0.15, -0.1) is 11.8 Å². The maximum atomic E-state index is 12.5. The number of likely N-dealkylation sites (tertiary alicyclic amines) is 1. The minimum Gasteiger partial charge on any atom is -0.477 e. The molecule has 3 aliphatic rings. The highest BCUT2D eigenvalue weighted by Gasteiger charge is 2.60. The molecule has 2 amide bonds. The SMILES string of the molecule is CC[C@H](O)[C@H]1C(=O)N2C(C(=O)O)=C(SC3CCN(C(C)=O)CC3)[C@H](C)[C@H]12. The predicted molar refractivity (Wildman–Crippen MR) is 97.1 cm³/mol. The molecule has 7 nitrogen and oxygen atoms in total. The van der Waals surface area contributed by atoms with E-state index in [0.717, 1.165) is 17.7 Å². The Hall–Kier alpha value is -1.54. The van der Waals surface area contributed by atoms with Crippen LogP contribution in [0.1, 0.15) is 40.0 Å². The molecule has 4 atom stereocenters. The van der Waals surface area contributed by atoms with E-state index in [1.54, 1.807) is 18.7 Å². The molecular weight excluding hydrogens is 356 g/mol. The number of aliphatic hydroxyl groups is 1. The predicted octanol–water partition coefficient (Wildman–Crippen LogP) is 1.27. The first kappa shape index (κ1) is 19.2. The zero-order valence-electron chi connectivity index (χ0n) is 15.3. The van der Waals surface area contributed by atoms with Crippen LogP contribution in [-0.2, 0) is 14.4 Å². The number of thioether (sulfide) groups is 1. The van der Waals surface area contributed by atoms with Gasteiger partial charge in [-0.3, -0.25) is 9.59 Å². The van der Waals surface area contributed by atoms with Gasteiger partial charge in [0.05, 0.1) is 18.1 Å². The molecule has 2 fully saturated rings. The van der Waals surface area contributed by atoms with E-state index in [9.17, 15) is 24.6 Å². The topological polar surface area (TPSA) is 98.2 Å². The molecular formula is C18H26N2O5S. The first-order valence-corrected chi connectivity index (χ1v) is 10.1. The Balaban J connectivity index is 1.77. The number of amides is 2. The molecule has 0 bridgehead atoms. The number of nitrogens with zero attached hydrogens (tertiary/aromatic N) is 2. The molecule has 2 saturated heterocycles. The minimum atomic E-state index is -1.08. The Morgan fingerprint density at radius 2 is 1.92 bits per heavy atom. The Bertz CT molecular complexity index is 656. The summed E-state index contributed by atoms with van der Waals surface area (Å²) in [6.07, 6.45) is 1.37. The highest BCUT2D eigenvalue weighted by atomic mass is 32.2. The summed E-state index contributed by atoms with van der Waals surface area (Å²) >= 11 is 1.54. The van der Waals surface area contributed by atoms with Gasteiger partial charge in [-0.25, -0.2) is 4.79 Å². The van der Waals surface area contributed by atoms with Crippen molar-refractivity contribution in [2.75, 3.05) is 13.1 Å². The van der Waals surface area contributed by atoms with E-state index in [2.05, 4.69) is 0 Å². The number of piperidine rings is 1. The number of carboxylic acid groups (broad SMARTS) is 1. The van der Waals surface area contributed by atoms with Crippen LogP contribution in [0.5, 0.6) is 0 Å². The summed E-state index contributed by atoms with van der Waals surface area (Å²) in [5.74, 6) is -1.90. The fourth-order valence-corrected chi connectivity index (χ4v) is 5.76.